The van der Waals surface area contributed by atoms with E-state index in [2.05, 4.69) is 11.4 Å². The Kier molecular flexibility index (Phi) is 3.97. The normalized spacial score (nSPS) is 17.3. The fraction of sp³-hybridized carbons (Fsp3) is 0.364. The van der Waals surface area contributed by atoms with E-state index in [-0.39, 0.29) is 18.4 Å². The Labute approximate surface area is 95.8 Å². The van der Waals surface area contributed by atoms with Gasteiger partial charge in [0.15, 0.2) is 0 Å². The topological polar surface area (TPSA) is 45.1 Å². The molecular weight excluding hydrogens is 212 g/mol. The summed E-state index contributed by atoms with van der Waals surface area (Å²) in [7, 11) is 0. The summed E-state index contributed by atoms with van der Waals surface area (Å²) in [5.41, 5.74) is 2.39. The third kappa shape index (κ3) is 2.42. The van der Waals surface area contributed by atoms with Crippen LogP contribution in [0, 0.1) is 5.41 Å². The van der Waals surface area contributed by atoms with E-state index >= 15 is 0 Å². The molecule has 3 nitrogen and oxygen atoms in total. The Morgan fingerprint density at radius 1 is 1.53 bits per heavy atom. The maximum Gasteiger partial charge on any atom is 0.203 e. The molecule has 1 heterocycles. The molecule has 2 N–H and O–H groups in total. The highest BCUT2D eigenvalue weighted by molar-refractivity contribution is 5.85. The van der Waals surface area contributed by atoms with Crippen molar-refractivity contribution in [1.29, 1.82) is 5.41 Å². The van der Waals surface area contributed by atoms with E-state index in [1.165, 1.54) is 5.56 Å². The molecule has 0 aliphatic carbocycles. The molecule has 1 aliphatic heterocycles. The van der Waals surface area contributed by atoms with Gasteiger partial charge in [0.25, 0.3) is 0 Å². The molecule has 0 bridgehead atoms. The first-order valence-electron chi connectivity index (χ1n) is 4.87. The number of hydrogen-bond acceptors (Lipinski definition) is 3. The smallest absolute Gasteiger partial charge is 0.203 e. The zero-order valence-corrected chi connectivity index (χ0v) is 9.43. The van der Waals surface area contributed by atoms with E-state index in [4.69, 9.17) is 10.1 Å². The lowest BCUT2D eigenvalue weighted by Crippen LogP contribution is -2.28. The maximum atomic E-state index is 7.68. The van der Waals surface area contributed by atoms with Gasteiger partial charge in [-0.3, -0.25) is 5.41 Å². The molecule has 2 rings (SSSR count). The van der Waals surface area contributed by atoms with Crippen molar-refractivity contribution in [2.45, 2.75) is 19.4 Å². The predicted molar refractivity (Wildman–Crippen MR) is 64.2 cm³/mol. The summed E-state index contributed by atoms with van der Waals surface area (Å²) in [6.07, 6.45) is 0.856. The summed E-state index contributed by atoms with van der Waals surface area (Å²) in [6.45, 7) is 2.46. The fourth-order valence-electron chi connectivity index (χ4n) is 1.71. The highest BCUT2D eigenvalue weighted by Gasteiger charge is 2.24. The Bertz CT molecular complexity index is 329. The van der Waals surface area contributed by atoms with Gasteiger partial charge in [-0.25, -0.2) is 0 Å². The van der Waals surface area contributed by atoms with Crippen LogP contribution in [0.25, 0.3) is 0 Å². The van der Waals surface area contributed by atoms with Crippen molar-refractivity contribution in [3.8, 4) is 0 Å². The van der Waals surface area contributed by atoms with Crippen LogP contribution >= 0.6 is 12.4 Å². The lowest BCUT2D eigenvalue weighted by molar-refractivity contribution is 0.311. The van der Waals surface area contributed by atoms with Gasteiger partial charge in [-0.2, -0.15) is 0 Å². The lowest BCUT2D eigenvalue weighted by atomic mass is 10.1. The van der Waals surface area contributed by atoms with Gasteiger partial charge in [0.2, 0.25) is 5.90 Å². The van der Waals surface area contributed by atoms with Crippen molar-refractivity contribution in [1.82, 2.24) is 0 Å². The Morgan fingerprint density at radius 2 is 2.27 bits per heavy atom. The number of para-hydroxylation sites is 1. The van der Waals surface area contributed by atoms with Gasteiger partial charge >= 0.3 is 0 Å². The zero-order valence-electron chi connectivity index (χ0n) is 8.62. The molecule has 0 fully saturated rings. The quantitative estimate of drug-likeness (QED) is 0.601. The van der Waals surface area contributed by atoms with E-state index in [1.54, 1.807) is 0 Å². The molecular formula is C11H15ClN2O. The van der Waals surface area contributed by atoms with Crippen molar-refractivity contribution in [3.63, 3.8) is 0 Å². The highest BCUT2D eigenvalue weighted by Crippen LogP contribution is 2.25. The van der Waals surface area contributed by atoms with Gasteiger partial charge in [-0.05, 0) is 18.6 Å². The third-order valence-electron chi connectivity index (χ3n) is 2.39. The molecule has 15 heavy (non-hydrogen) atoms. The average Bonchev–Trinajstić information content (AvgIpc) is 2.61. The van der Waals surface area contributed by atoms with Gasteiger partial charge in [0.05, 0.1) is 6.61 Å². The van der Waals surface area contributed by atoms with E-state index in [1.807, 2.05) is 25.1 Å². The molecule has 82 valence electrons. The molecule has 1 atom stereocenters. The van der Waals surface area contributed by atoms with Crippen molar-refractivity contribution in [2.24, 2.45) is 0 Å². The van der Waals surface area contributed by atoms with Gasteiger partial charge in [0, 0.05) is 12.1 Å². The van der Waals surface area contributed by atoms with E-state index in [0.717, 1.165) is 12.1 Å². The summed E-state index contributed by atoms with van der Waals surface area (Å²) in [4.78, 5) is 0. The van der Waals surface area contributed by atoms with E-state index in [0.29, 0.717) is 12.5 Å². The lowest BCUT2D eigenvalue weighted by Gasteiger charge is -2.12. The summed E-state index contributed by atoms with van der Waals surface area (Å²) in [5, 5.41) is 10.9. The Hall–Kier alpha value is -1.22. The maximum absolute atomic E-state index is 7.68. The van der Waals surface area contributed by atoms with Gasteiger partial charge in [-0.15, -0.1) is 12.4 Å². The van der Waals surface area contributed by atoms with Crippen LogP contribution in [0.2, 0.25) is 0 Å². The van der Waals surface area contributed by atoms with Crippen LogP contribution in [0.15, 0.2) is 24.3 Å². The molecule has 0 aromatic heterocycles. The Morgan fingerprint density at radius 3 is 2.93 bits per heavy atom. The summed E-state index contributed by atoms with van der Waals surface area (Å²) in [5.74, 6) is 0.337. The SMILES string of the molecule is CCOC(=N)C1Cc2ccccc2N1.Cl. The van der Waals surface area contributed by atoms with Gasteiger partial charge < -0.3 is 10.1 Å². The first-order chi connectivity index (χ1) is 6.81. The van der Waals surface area contributed by atoms with Gasteiger partial charge in [0.1, 0.15) is 6.04 Å². The van der Waals surface area contributed by atoms with Crippen molar-refractivity contribution >= 4 is 24.0 Å². The molecule has 1 aromatic rings. The van der Waals surface area contributed by atoms with Gasteiger partial charge in [-0.1, -0.05) is 18.2 Å². The zero-order chi connectivity index (χ0) is 9.97. The van der Waals surface area contributed by atoms with E-state index < -0.39 is 0 Å². The number of benzene rings is 1. The first-order valence-corrected chi connectivity index (χ1v) is 4.87. The summed E-state index contributed by atoms with van der Waals surface area (Å²) in [6, 6.07) is 8.16. The van der Waals surface area contributed by atoms with E-state index in [9.17, 15) is 0 Å². The molecule has 0 amide bonds. The monoisotopic (exact) mass is 226 g/mol. The predicted octanol–water partition coefficient (Wildman–Crippen LogP) is 2.46. The molecule has 1 aromatic carbocycles. The number of halogens is 1. The standard InChI is InChI=1S/C11H14N2O.ClH/c1-2-14-11(12)10-7-8-5-3-4-6-9(8)13-10;/h3-6,10,12-13H,2,7H2,1H3;1H. The minimum Gasteiger partial charge on any atom is -0.480 e. The van der Waals surface area contributed by atoms with Crippen LogP contribution in [0.1, 0.15) is 12.5 Å². The minimum absolute atomic E-state index is 0. The van der Waals surface area contributed by atoms with Crippen molar-refractivity contribution in [3.05, 3.63) is 29.8 Å². The number of nitrogens with one attached hydrogen (secondary N) is 2. The first kappa shape index (κ1) is 11.9. The molecule has 1 unspecified atom stereocenters. The summed E-state index contributed by atoms with van der Waals surface area (Å²) >= 11 is 0. The number of fused-ring (bicyclic) bond motifs is 1. The van der Waals surface area contributed by atoms with Crippen LogP contribution in [0.4, 0.5) is 5.69 Å². The van der Waals surface area contributed by atoms with Crippen LogP contribution < -0.4 is 5.32 Å². The number of hydrogen-bond donors (Lipinski definition) is 2. The number of ether oxygens (including phenoxy) is 1. The average molecular weight is 227 g/mol. The van der Waals surface area contributed by atoms with Crippen molar-refractivity contribution < 1.29 is 4.74 Å². The van der Waals surface area contributed by atoms with Crippen LogP contribution in [0.3, 0.4) is 0 Å². The fourth-order valence-corrected chi connectivity index (χ4v) is 1.71. The summed E-state index contributed by atoms with van der Waals surface area (Å²) < 4.78 is 5.18. The molecule has 4 heteroatoms. The molecule has 0 saturated carbocycles. The minimum atomic E-state index is 0. The van der Waals surface area contributed by atoms with Crippen LogP contribution in [-0.2, 0) is 11.2 Å². The highest BCUT2D eigenvalue weighted by atomic mass is 35.5. The second-order valence-electron chi connectivity index (χ2n) is 3.36. The second kappa shape index (κ2) is 5.03. The molecule has 0 saturated heterocycles. The molecule has 1 aliphatic rings. The van der Waals surface area contributed by atoms with Crippen molar-refractivity contribution in [2.75, 3.05) is 11.9 Å². The number of rotatable bonds is 2. The molecule has 0 spiro atoms. The number of anilines is 1. The van der Waals surface area contributed by atoms with Crippen LogP contribution in [0.5, 0.6) is 0 Å². The second-order valence-corrected chi connectivity index (χ2v) is 3.36. The Balaban J connectivity index is 0.00000112. The largest absolute Gasteiger partial charge is 0.480 e. The molecule has 0 radical (unpaired) electrons. The van der Waals surface area contributed by atoms with Crippen LogP contribution in [-0.4, -0.2) is 18.5 Å². The third-order valence-corrected chi connectivity index (χ3v) is 2.39.